The van der Waals surface area contributed by atoms with Crippen LogP contribution in [0.2, 0.25) is 0 Å². The Balaban J connectivity index is 1.95. The van der Waals surface area contributed by atoms with E-state index in [0.29, 0.717) is 12.1 Å². The van der Waals surface area contributed by atoms with Crippen molar-refractivity contribution >= 4 is 33.4 Å². The zero-order valence-electron chi connectivity index (χ0n) is 10.7. The van der Waals surface area contributed by atoms with Gasteiger partial charge in [-0.25, -0.2) is 0 Å². The molecular formula is C15H16BrNO2. The number of imide groups is 1. The van der Waals surface area contributed by atoms with Crippen LogP contribution in [-0.2, 0) is 9.59 Å². The van der Waals surface area contributed by atoms with Crippen LogP contribution in [-0.4, -0.2) is 11.8 Å². The molecule has 0 radical (unpaired) electrons. The molecule has 4 heteroatoms. The minimum atomic E-state index is -0.405. The highest BCUT2D eigenvalue weighted by atomic mass is 79.9. The molecule has 2 amide bonds. The maximum Gasteiger partial charge on any atom is 0.240 e. The third-order valence-electron chi connectivity index (χ3n) is 4.27. The van der Waals surface area contributed by atoms with Crippen LogP contribution in [0.1, 0.15) is 38.5 Å². The summed E-state index contributed by atoms with van der Waals surface area (Å²) < 4.78 is 0.884. The predicted molar refractivity (Wildman–Crippen MR) is 76.8 cm³/mol. The van der Waals surface area contributed by atoms with Crippen LogP contribution in [0.25, 0.3) is 0 Å². The SMILES string of the molecule is O=C1CC2(CCCCC2)C(=O)N1c1cccc(Br)c1. The maximum absolute atomic E-state index is 12.7. The second-order valence-electron chi connectivity index (χ2n) is 5.53. The van der Waals surface area contributed by atoms with Gasteiger partial charge >= 0.3 is 0 Å². The summed E-state index contributed by atoms with van der Waals surface area (Å²) >= 11 is 3.39. The molecule has 2 aliphatic rings. The highest BCUT2D eigenvalue weighted by Crippen LogP contribution is 2.46. The Morgan fingerprint density at radius 1 is 1.11 bits per heavy atom. The topological polar surface area (TPSA) is 37.4 Å². The number of rotatable bonds is 1. The van der Waals surface area contributed by atoms with E-state index in [-0.39, 0.29) is 11.8 Å². The van der Waals surface area contributed by atoms with Gasteiger partial charge in [-0.15, -0.1) is 0 Å². The van der Waals surface area contributed by atoms with Crippen LogP contribution < -0.4 is 4.90 Å². The van der Waals surface area contributed by atoms with Crippen molar-refractivity contribution in [1.29, 1.82) is 0 Å². The molecule has 0 atom stereocenters. The molecule has 1 heterocycles. The number of anilines is 1. The first-order valence-corrected chi connectivity index (χ1v) is 7.55. The van der Waals surface area contributed by atoms with Crippen LogP contribution in [0.3, 0.4) is 0 Å². The van der Waals surface area contributed by atoms with Gasteiger partial charge in [0.05, 0.1) is 11.1 Å². The zero-order chi connectivity index (χ0) is 13.5. The van der Waals surface area contributed by atoms with Crippen LogP contribution >= 0.6 is 15.9 Å². The maximum atomic E-state index is 12.7. The lowest BCUT2D eigenvalue weighted by atomic mass is 9.73. The Kier molecular flexibility index (Phi) is 3.21. The van der Waals surface area contributed by atoms with E-state index in [1.165, 1.54) is 11.3 Å². The van der Waals surface area contributed by atoms with Crippen molar-refractivity contribution in [2.75, 3.05) is 4.90 Å². The molecule has 3 rings (SSSR count). The summed E-state index contributed by atoms with van der Waals surface area (Å²) in [6.07, 6.45) is 5.42. The number of hydrogen-bond acceptors (Lipinski definition) is 2. The molecule has 1 saturated heterocycles. The normalized spacial score (nSPS) is 22.3. The van der Waals surface area contributed by atoms with E-state index in [0.717, 1.165) is 30.2 Å². The summed E-state index contributed by atoms with van der Waals surface area (Å²) in [6, 6.07) is 7.40. The van der Waals surface area contributed by atoms with Crippen molar-refractivity contribution in [2.45, 2.75) is 38.5 Å². The highest BCUT2D eigenvalue weighted by molar-refractivity contribution is 9.10. The molecule has 1 aromatic rings. The lowest BCUT2D eigenvalue weighted by Gasteiger charge is -2.30. The number of amides is 2. The molecule has 1 saturated carbocycles. The smallest absolute Gasteiger partial charge is 0.240 e. The Labute approximate surface area is 121 Å². The summed E-state index contributed by atoms with van der Waals surface area (Å²) in [5, 5.41) is 0. The third kappa shape index (κ3) is 2.12. The Morgan fingerprint density at radius 2 is 1.84 bits per heavy atom. The molecule has 1 aliphatic heterocycles. The van der Waals surface area contributed by atoms with Crippen molar-refractivity contribution in [3.05, 3.63) is 28.7 Å². The van der Waals surface area contributed by atoms with Crippen molar-refractivity contribution < 1.29 is 9.59 Å². The van der Waals surface area contributed by atoms with Crippen molar-refractivity contribution in [3.8, 4) is 0 Å². The summed E-state index contributed by atoms with van der Waals surface area (Å²) in [5.41, 5.74) is 0.282. The average molecular weight is 322 g/mol. The van der Waals surface area contributed by atoms with Gasteiger partial charge in [0.25, 0.3) is 0 Å². The molecule has 0 bridgehead atoms. The van der Waals surface area contributed by atoms with Gasteiger partial charge in [0, 0.05) is 10.9 Å². The van der Waals surface area contributed by atoms with Crippen molar-refractivity contribution in [1.82, 2.24) is 0 Å². The van der Waals surface area contributed by atoms with E-state index in [4.69, 9.17) is 0 Å². The molecule has 100 valence electrons. The second kappa shape index (κ2) is 4.75. The quantitative estimate of drug-likeness (QED) is 0.740. The third-order valence-corrected chi connectivity index (χ3v) is 4.77. The van der Waals surface area contributed by atoms with Gasteiger partial charge in [-0.05, 0) is 31.0 Å². The largest absolute Gasteiger partial charge is 0.274 e. The molecule has 3 nitrogen and oxygen atoms in total. The monoisotopic (exact) mass is 321 g/mol. The van der Waals surface area contributed by atoms with Crippen molar-refractivity contribution in [3.63, 3.8) is 0 Å². The van der Waals surface area contributed by atoms with Gasteiger partial charge in [-0.1, -0.05) is 41.3 Å². The van der Waals surface area contributed by atoms with E-state index in [1.807, 2.05) is 24.3 Å². The van der Waals surface area contributed by atoms with E-state index in [1.54, 1.807) is 0 Å². The zero-order valence-corrected chi connectivity index (χ0v) is 12.3. The summed E-state index contributed by atoms with van der Waals surface area (Å²) in [5.74, 6) is -0.0414. The Bertz CT molecular complexity index is 535. The highest BCUT2D eigenvalue weighted by Gasteiger charge is 2.51. The minimum Gasteiger partial charge on any atom is -0.274 e. The van der Waals surface area contributed by atoms with Gasteiger partial charge in [-0.2, -0.15) is 0 Å². The van der Waals surface area contributed by atoms with Gasteiger partial charge in [0.1, 0.15) is 0 Å². The fourth-order valence-corrected chi connectivity index (χ4v) is 3.68. The van der Waals surface area contributed by atoms with Gasteiger partial charge in [0.15, 0.2) is 0 Å². The van der Waals surface area contributed by atoms with E-state index in [2.05, 4.69) is 15.9 Å². The van der Waals surface area contributed by atoms with Gasteiger partial charge in [-0.3, -0.25) is 14.5 Å². The summed E-state index contributed by atoms with van der Waals surface area (Å²) in [7, 11) is 0. The van der Waals surface area contributed by atoms with Crippen LogP contribution in [0.5, 0.6) is 0 Å². The summed E-state index contributed by atoms with van der Waals surface area (Å²) in [6.45, 7) is 0. The van der Waals surface area contributed by atoms with Crippen LogP contribution in [0.4, 0.5) is 5.69 Å². The number of carbonyl (C=O) groups is 2. The second-order valence-corrected chi connectivity index (χ2v) is 6.45. The van der Waals surface area contributed by atoms with E-state index >= 15 is 0 Å². The average Bonchev–Trinajstić information content (AvgIpc) is 2.62. The Morgan fingerprint density at radius 3 is 2.53 bits per heavy atom. The molecule has 19 heavy (non-hydrogen) atoms. The molecule has 0 unspecified atom stereocenters. The fraction of sp³-hybridized carbons (Fsp3) is 0.467. The first-order chi connectivity index (χ1) is 9.12. The Hall–Kier alpha value is -1.16. The van der Waals surface area contributed by atoms with Crippen molar-refractivity contribution in [2.24, 2.45) is 5.41 Å². The van der Waals surface area contributed by atoms with E-state index < -0.39 is 5.41 Å². The molecule has 1 aromatic carbocycles. The molecular weight excluding hydrogens is 306 g/mol. The first kappa shape index (κ1) is 12.9. The predicted octanol–water partition coefficient (Wildman–Crippen LogP) is 3.66. The van der Waals surface area contributed by atoms with Crippen LogP contribution in [0.15, 0.2) is 28.7 Å². The minimum absolute atomic E-state index is 0.00954. The molecule has 1 spiro atoms. The number of nitrogens with zero attached hydrogens (tertiary/aromatic N) is 1. The molecule has 0 aromatic heterocycles. The lowest BCUT2D eigenvalue weighted by Crippen LogP contribution is -2.36. The fourth-order valence-electron chi connectivity index (χ4n) is 3.29. The number of hydrogen-bond donors (Lipinski definition) is 0. The molecule has 1 aliphatic carbocycles. The van der Waals surface area contributed by atoms with E-state index in [9.17, 15) is 9.59 Å². The number of benzene rings is 1. The first-order valence-electron chi connectivity index (χ1n) is 6.75. The summed E-state index contributed by atoms with van der Waals surface area (Å²) in [4.78, 5) is 26.3. The van der Waals surface area contributed by atoms with Gasteiger partial charge in [0.2, 0.25) is 11.8 Å². The lowest BCUT2D eigenvalue weighted by molar-refractivity contribution is -0.127. The number of halogens is 1. The van der Waals surface area contributed by atoms with Crippen LogP contribution in [0, 0.1) is 5.41 Å². The molecule has 2 fully saturated rings. The standard InChI is InChI=1S/C15H16BrNO2/c16-11-5-4-6-12(9-11)17-13(18)10-15(14(17)19)7-2-1-3-8-15/h4-6,9H,1-3,7-8,10H2. The van der Waals surface area contributed by atoms with Gasteiger partial charge < -0.3 is 0 Å². The molecule has 0 N–H and O–H groups in total. The number of carbonyl (C=O) groups excluding carboxylic acids is 2.